The van der Waals surface area contributed by atoms with Crippen LogP contribution >= 0.6 is 11.6 Å². The van der Waals surface area contributed by atoms with E-state index in [4.69, 9.17) is 16.4 Å². The van der Waals surface area contributed by atoms with Crippen molar-refractivity contribution >= 4 is 18.0 Å². The first-order valence-electron chi connectivity index (χ1n) is 6.13. The Labute approximate surface area is 118 Å². The number of hydrogen-bond donors (Lipinski definition) is 1. The number of nitrogens with zero attached hydrogens (tertiary/aromatic N) is 2. The van der Waals surface area contributed by atoms with E-state index in [9.17, 15) is 4.79 Å². The Kier molecular flexibility index (Phi) is 6.21. The Bertz CT molecular complexity index is 390. The third-order valence-corrected chi connectivity index (χ3v) is 2.36. The third-order valence-electron chi connectivity index (χ3n) is 2.14. The van der Waals surface area contributed by atoms with Crippen molar-refractivity contribution in [2.75, 3.05) is 13.1 Å². The summed E-state index contributed by atoms with van der Waals surface area (Å²) < 4.78 is 0. The van der Waals surface area contributed by atoms with Crippen LogP contribution in [0, 0.1) is 0 Å². The van der Waals surface area contributed by atoms with E-state index in [1.807, 2.05) is 26.8 Å². The van der Waals surface area contributed by atoms with Gasteiger partial charge in [0.05, 0.1) is 12.1 Å². The highest BCUT2D eigenvalue weighted by molar-refractivity contribution is 6.29. The largest absolute Gasteiger partial charge is 0.311 e. The lowest BCUT2D eigenvalue weighted by atomic mass is 10.2. The van der Waals surface area contributed by atoms with Crippen LogP contribution in [0.2, 0.25) is 5.15 Å². The van der Waals surface area contributed by atoms with Crippen molar-refractivity contribution in [2.24, 2.45) is 0 Å². The van der Waals surface area contributed by atoms with E-state index in [1.165, 1.54) is 5.06 Å². The second-order valence-corrected chi connectivity index (χ2v) is 5.50. The standard InChI is InChI=1S/C13H20ClN3O2/c1-13(2,3)19-17(10-18)7-6-15-8-11-4-5-12(14)16-9-11/h4-5,9-10,15H,6-8H2,1-3H3. The number of pyridine rings is 1. The fraction of sp³-hybridized carbons (Fsp3) is 0.538. The molecule has 0 spiro atoms. The topological polar surface area (TPSA) is 54.5 Å². The molecule has 0 aliphatic heterocycles. The van der Waals surface area contributed by atoms with E-state index in [1.54, 1.807) is 12.3 Å². The van der Waals surface area contributed by atoms with Gasteiger partial charge in [-0.05, 0) is 32.4 Å². The summed E-state index contributed by atoms with van der Waals surface area (Å²) in [7, 11) is 0. The number of carbonyl (C=O) groups excluding carboxylic acids is 1. The second kappa shape index (κ2) is 7.43. The zero-order valence-electron chi connectivity index (χ0n) is 11.5. The van der Waals surface area contributed by atoms with Gasteiger partial charge in [0.2, 0.25) is 6.41 Å². The van der Waals surface area contributed by atoms with Gasteiger partial charge in [-0.15, -0.1) is 0 Å². The Morgan fingerprint density at radius 3 is 2.74 bits per heavy atom. The van der Waals surface area contributed by atoms with Gasteiger partial charge in [0.1, 0.15) is 5.15 Å². The molecule has 0 aliphatic carbocycles. The second-order valence-electron chi connectivity index (χ2n) is 5.12. The molecule has 1 amide bonds. The van der Waals surface area contributed by atoms with Crippen molar-refractivity contribution in [2.45, 2.75) is 32.9 Å². The number of carbonyl (C=O) groups is 1. The average Bonchev–Trinajstić information content (AvgIpc) is 2.34. The zero-order valence-corrected chi connectivity index (χ0v) is 12.3. The van der Waals surface area contributed by atoms with Gasteiger partial charge in [0.25, 0.3) is 0 Å². The lowest BCUT2D eigenvalue weighted by Gasteiger charge is -2.26. The van der Waals surface area contributed by atoms with Crippen molar-refractivity contribution in [3.63, 3.8) is 0 Å². The van der Waals surface area contributed by atoms with E-state index >= 15 is 0 Å². The van der Waals surface area contributed by atoms with Crippen LogP contribution < -0.4 is 5.32 Å². The predicted molar refractivity (Wildman–Crippen MR) is 74.6 cm³/mol. The third kappa shape index (κ3) is 7.10. The van der Waals surface area contributed by atoms with Crippen LogP contribution in [0.3, 0.4) is 0 Å². The van der Waals surface area contributed by atoms with Gasteiger partial charge in [-0.3, -0.25) is 9.63 Å². The smallest absolute Gasteiger partial charge is 0.233 e. The van der Waals surface area contributed by atoms with Crippen molar-refractivity contribution in [1.29, 1.82) is 0 Å². The fourth-order valence-corrected chi connectivity index (χ4v) is 1.52. The summed E-state index contributed by atoms with van der Waals surface area (Å²) in [6.07, 6.45) is 2.41. The van der Waals surface area contributed by atoms with E-state index in [2.05, 4.69) is 10.3 Å². The summed E-state index contributed by atoms with van der Waals surface area (Å²) in [6.45, 7) is 7.49. The van der Waals surface area contributed by atoms with Gasteiger partial charge in [0, 0.05) is 19.3 Å². The summed E-state index contributed by atoms with van der Waals surface area (Å²) in [5, 5.41) is 4.99. The van der Waals surface area contributed by atoms with Crippen molar-refractivity contribution < 1.29 is 9.63 Å². The molecule has 1 N–H and O–H groups in total. The van der Waals surface area contributed by atoms with Gasteiger partial charge in [-0.2, -0.15) is 0 Å². The van der Waals surface area contributed by atoms with Gasteiger partial charge >= 0.3 is 0 Å². The number of nitrogens with one attached hydrogen (secondary N) is 1. The summed E-state index contributed by atoms with van der Waals surface area (Å²) in [6, 6.07) is 3.66. The highest BCUT2D eigenvalue weighted by atomic mass is 35.5. The maximum Gasteiger partial charge on any atom is 0.233 e. The van der Waals surface area contributed by atoms with E-state index < -0.39 is 0 Å². The van der Waals surface area contributed by atoms with Gasteiger partial charge < -0.3 is 5.32 Å². The molecule has 0 atom stereocenters. The predicted octanol–water partition coefficient (Wildman–Crippen LogP) is 2.01. The van der Waals surface area contributed by atoms with E-state index in [0.717, 1.165) is 5.56 Å². The maximum atomic E-state index is 10.8. The van der Waals surface area contributed by atoms with Crippen LogP contribution in [0.5, 0.6) is 0 Å². The van der Waals surface area contributed by atoms with Crippen LogP contribution in [-0.4, -0.2) is 35.1 Å². The molecule has 19 heavy (non-hydrogen) atoms. The number of hydrogen-bond acceptors (Lipinski definition) is 4. The first-order valence-corrected chi connectivity index (χ1v) is 6.51. The Morgan fingerprint density at radius 1 is 1.47 bits per heavy atom. The summed E-state index contributed by atoms with van der Waals surface area (Å²) in [4.78, 5) is 20.3. The van der Waals surface area contributed by atoms with Gasteiger partial charge in [-0.25, -0.2) is 10.0 Å². The molecule has 0 saturated heterocycles. The molecule has 0 aliphatic rings. The first-order chi connectivity index (χ1) is 8.90. The van der Waals surface area contributed by atoms with E-state index in [-0.39, 0.29) is 5.60 Å². The fourth-order valence-electron chi connectivity index (χ4n) is 1.40. The highest BCUT2D eigenvalue weighted by Crippen LogP contribution is 2.08. The summed E-state index contributed by atoms with van der Waals surface area (Å²) in [5.41, 5.74) is 0.667. The zero-order chi connectivity index (χ0) is 14.3. The van der Waals surface area contributed by atoms with Crippen LogP contribution in [0.25, 0.3) is 0 Å². The first kappa shape index (κ1) is 15.9. The van der Waals surface area contributed by atoms with E-state index in [0.29, 0.717) is 31.2 Å². The molecule has 6 heteroatoms. The normalized spacial score (nSPS) is 11.4. The molecule has 1 aromatic heterocycles. The molecule has 1 heterocycles. The molecule has 1 rings (SSSR count). The minimum Gasteiger partial charge on any atom is -0.311 e. The number of amides is 1. The molecular formula is C13H20ClN3O2. The summed E-state index contributed by atoms with van der Waals surface area (Å²) in [5.74, 6) is 0. The SMILES string of the molecule is CC(C)(C)ON(C=O)CCNCc1ccc(Cl)nc1. The van der Waals surface area contributed by atoms with Crippen molar-refractivity contribution in [3.8, 4) is 0 Å². The van der Waals surface area contributed by atoms with Crippen LogP contribution in [0.1, 0.15) is 26.3 Å². The average molecular weight is 286 g/mol. The van der Waals surface area contributed by atoms with Crippen molar-refractivity contribution in [1.82, 2.24) is 15.4 Å². The number of rotatable bonds is 7. The number of halogens is 1. The molecule has 0 unspecified atom stereocenters. The number of aromatic nitrogens is 1. The molecule has 5 nitrogen and oxygen atoms in total. The number of hydroxylamine groups is 2. The molecule has 0 aromatic carbocycles. The lowest BCUT2D eigenvalue weighted by molar-refractivity contribution is -0.215. The Hall–Kier alpha value is -1.17. The van der Waals surface area contributed by atoms with Crippen molar-refractivity contribution in [3.05, 3.63) is 29.0 Å². The quantitative estimate of drug-likeness (QED) is 0.360. The van der Waals surface area contributed by atoms with Gasteiger partial charge in [0.15, 0.2) is 0 Å². The highest BCUT2D eigenvalue weighted by Gasteiger charge is 2.15. The monoisotopic (exact) mass is 285 g/mol. The molecular weight excluding hydrogens is 266 g/mol. The molecule has 0 bridgehead atoms. The minimum absolute atomic E-state index is 0.374. The summed E-state index contributed by atoms with van der Waals surface area (Å²) >= 11 is 5.70. The molecule has 0 saturated carbocycles. The Balaban J connectivity index is 2.25. The lowest BCUT2D eigenvalue weighted by Crippen LogP contribution is -2.37. The van der Waals surface area contributed by atoms with Gasteiger partial charge in [-0.1, -0.05) is 17.7 Å². The molecule has 1 aromatic rings. The maximum absolute atomic E-state index is 10.8. The molecule has 0 radical (unpaired) electrons. The van der Waals surface area contributed by atoms with Crippen LogP contribution in [0.4, 0.5) is 0 Å². The minimum atomic E-state index is -0.374. The Morgan fingerprint density at radius 2 is 2.21 bits per heavy atom. The molecule has 106 valence electrons. The molecule has 0 fully saturated rings. The van der Waals surface area contributed by atoms with Crippen LogP contribution in [0.15, 0.2) is 18.3 Å². The van der Waals surface area contributed by atoms with Crippen LogP contribution in [-0.2, 0) is 16.2 Å².